The lowest BCUT2D eigenvalue weighted by Crippen LogP contribution is -2.53. The minimum Gasteiger partial charge on any atom is -0.330 e. The molecule has 0 amide bonds. The molecule has 4 saturated carbocycles. The van der Waals surface area contributed by atoms with Gasteiger partial charge in [0.2, 0.25) is 0 Å². The molecule has 124 valence electrons. The van der Waals surface area contributed by atoms with Crippen LogP contribution in [0.3, 0.4) is 0 Å². The lowest BCUT2D eigenvalue weighted by molar-refractivity contribution is -0.141. The predicted molar refractivity (Wildman–Crippen MR) is 89.3 cm³/mol. The fourth-order valence-corrected chi connectivity index (χ4v) is 7.59. The number of fused-ring (bicyclic) bond motifs is 5. The van der Waals surface area contributed by atoms with Gasteiger partial charge in [0.15, 0.2) is 0 Å². The molecule has 4 rings (SSSR count). The van der Waals surface area contributed by atoms with Gasteiger partial charge in [-0.2, -0.15) is 0 Å². The Labute approximate surface area is 135 Å². The van der Waals surface area contributed by atoms with E-state index in [0.29, 0.717) is 23.7 Å². The Balaban J connectivity index is 1.65. The first-order valence-electron chi connectivity index (χ1n) is 9.85. The van der Waals surface area contributed by atoms with E-state index in [1.54, 1.807) is 0 Å². The SMILES string of the molecule is C[C@]12CCCC[C@@H]1CC[C@H]1[C@@H]3CCC(=O)[C@@]3(CCN)CC[C@@H]12. The largest absolute Gasteiger partial charge is 0.330 e. The van der Waals surface area contributed by atoms with Crippen molar-refractivity contribution in [1.29, 1.82) is 0 Å². The summed E-state index contributed by atoms with van der Waals surface area (Å²) in [6, 6.07) is 0. The Bertz CT molecular complexity index is 461. The average molecular weight is 303 g/mol. The smallest absolute Gasteiger partial charge is 0.139 e. The first-order valence-corrected chi connectivity index (χ1v) is 9.85. The van der Waals surface area contributed by atoms with Crippen LogP contribution in [-0.2, 0) is 4.79 Å². The molecule has 0 aromatic carbocycles. The van der Waals surface area contributed by atoms with Crippen molar-refractivity contribution in [2.45, 2.75) is 77.6 Å². The number of Topliss-reactive ketones (excluding diaryl/α,β-unsaturated/α-hetero) is 1. The molecule has 0 spiro atoms. The van der Waals surface area contributed by atoms with Gasteiger partial charge in [0.05, 0.1) is 0 Å². The van der Waals surface area contributed by atoms with Crippen molar-refractivity contribution < 1.29 is 4.79 Å². The van der Waals surface area contributed by atoms with E-state index in [9.17, 15) is 4.79 Å². The van der Waals surface area contributed by atoms with Crippen LogP contribution in [0.2, 0.25) is 0 Å². The lowest BCUT2D eigenvalue weighted by atomic mass is 9.45. The normalized spacial score (nSPS) is 51.1. The maximum atomic E-state index is 12.7. The Morgan fingerprint density at radius 3 is 2.73 bits per heavy atom. The van der Waals surface area contributed by atoms with Crippen molar-refractivity contribution >= 4 is 5.78 Å². The molecule has 2 nitrogen and oxygen atoms in total. The van der Waals surface area contributed by atoms with Gasteiger partial charge < -0.3 is 5.73 Å². The number of ketones is 1. The minimum absolute atomic E-state index is 0.00617. The second-order valence-electron chi connectivity index (χ2n) is 9.10. The fraction of sp³-hybridized carbons (Fsp3) is 0.950. The van der Waals surface area contributed by atoms with Crippen molar-refractivity contribution in [3.05, 3.63) is 0 Å². The van der Waals surface area contributed by atoms with Crippen LogP contribution in [0.25, 0.3) is 0 Å². The molecule has 0 aliphatic heterocycles. The van der Waals surface area contributed by atoms with E-state index in [0.717, 1.165) is 37.0 Å². The highest BCUT2D eigenvalue weighted by Gasteiger charge is 2.60. The maximum absolute atomic E-state index is 12.7. The molecule has 4 fully saturated rings. The van der Waals surface area contributed by atoms with Gasteiger partial charge >= 0.3 is 0 Å². The van der Waals surface area contributed by atoms with Gasteiger partial charge in [0.25, 0.3) is 0 Å². The summed E-state index contributed by atoms with van der Waals surface area (Å²) in [6.07, 6.45) is 14.1. The summed E-state index contributed by atoms with van der Waals surface area (Å²) in [4.78, 5) is 12.7. The van der Waals surface area contributed by atoms with E-state index >= 15 is 0 Å². The van der Waals surface area contributed by atoms with Crippen molar-refractivity contribution in [1.82, 2.24) is 0 Å². The molecular weight excluding hydrogens is 270 g/mol. The number of nitrogens with two attached hydrogens (primary N) is 1. The Morgan fingerprint density at radius 1 is 1.05 bits per heavy atom. The highest BCUT2D eigenvalue weighted by molar-refractivity contribution is 5.87. The van der Waals surface area contributed by atoms with E-state index < -0.39 is 0 Å². The zero-order valence-corrected chi connectivity index (χ0v) is 14.3. The van der Waals surface area contributed by atoms with Crippen LogP contribution in [0, 0.1) is 34.5 Å². The molecule has 6 atom stereocenters. The molecule has 0 bridgehead atoms. The minimum atomic E-state index is -0.00617. The number of hydrogen-bond acceptors (Lipinski definition) is 2. The second kappa shape index (κ2) is 5.33. The standard InChI is InChI=1S/C20H33NO/c1-19-10-3-2-4-14(19)5-6-15-16(19)9-11-20(12-13-21)17(15)7-8-18(20)22/h14-17H,2-13,21H2,1H3/t14-,15-,16+,17+,19+,20-/m1/s1. The molecule has 22 heavy (non-hydrogen) atoms. The van der Waals surface area contributed by atoms with Crippen molar-refractivity contribution in [3.8, 4) is 0 Å². The number of carbonyl (C=O) groups excluding carboxylic acids is 1. The van der Waals surface area contributed by atoms with Gasteiger partial charge in [-0.15, -0.1) is 0 Å². The molecule has 4 aliphatic rings. The first kappa shape index (κ1) is 15.2. The fourth-order valence-electron chi connectivity index (χ4n) is 7.59. The van der Waals surface area contributed by atoms with Crippen LogP contribution in [0.4, 0.5) is 0 Å². The van der Waals surface area contributed by atoms with E-state index in [1.165, 1.54) is 51.4 Å². The van der Waals surface area contributed by atoms with Crippen molar-refractivity contribution in [2.24, 2.45) is 40.2 Å². The molecule has 0 aromatic heterocycles. The summed E-state index contributed by atoms with van der Waals surface area (Å²) < 4.78 is 0. The number of rotatable bonds is 2. The van der Waals surface area contributed by atoms with Gasteiger partial charge in [-0.3, -0.25) is 4.79 Å². The number of carbonyl (C=O) groups is 1. The topological polar surface area (TPSA) is 43.1 Å². The van der Waals surface area contributed by atoms with Gasteiger partial charge in [0.1, 0.15) is 5.78 Å². The summed E-state index contributed by atoms with van der Waals surface area (Å²) in [5.74, 6) is 3.93. The van der Waals surface area contributed by atoms with Gasteiger partial charge in [-0.05, 0) is 87.0 Å². The van der Waals surface area contributed by atoms with Crippen LogP contribution < -0.4 is 5.73 Å². The van der Waals surface area contributed by atoms with E-state index in [4.69, 9.17) is 5.73 Å². The molecule has 0 saturated heterocycles. The number of hydrogen-bond donors (Lipinski definition) is 1. The third-order valence-corrected chi connectivity index (χ3v) is 8.62. The maximum Gasteiger partial charge on any atom is 0.139 e. The van der Waals surface area contributed by atoms with E-state index in [-0.39, 0.29) is 5.41 Å². The molecule has 4 aliphatic carbocycles. The summed E-state index contributed by atoms with van der Waals surface area (Å²) in [5.41, 5.74) is 6.50. The Morgan fingerprint density at radius 2 is 1.91 bits per heavy atom. The summed E-state index contributed by atoms with van der Waals surface area (Å²) >= 11 is 0. The highest BCUT2D eigenvalue weighted by atomic mass is 16.1. The van der Waals surface area contributed by atoms with Crippen LogP contribution in [-0.4, -0.2) is 12.3 Å². The van der Waals surface area contributed by atoms with Crippen molar-refractivity contribution in [2.75, 3.05) is 6.54 Å². The molecule has 0 unspecified atom stereocenters. The second-order valence-corrected chi connectivity index (χ2v) is 9.10. The van der Waals surface area contributed by atoms with Crippen LogP contribution in [0.15, 0.2) is 0 Å². The average Bonchev–Trinajstić information content (AvgIpc) is 2.84. The van der Waals surface area contributed by atoms with Crippen molar-refractivity contribution in [3.63, 3.8) is 0 Å². The third-order valence-electron chi connectivity index (χ3n) is 8.62. The zero-order valence-electron chi connectivity index (χ0n) is 14.3. The zero-order chi connectivity index (χ0) is 15.4. The van der Waals surface area contributed by atoms with E-state index in [2.05, 4.69) is 6.92 Å². The molecule has 0 aromatic rings. The molecular formula is C20H33NO. The molecule has 2 heteroatoms. The monoisotopic (exact) mass is 303 g/mol. The predicted octanol–water partition coefficient (Wildman–Crippen LogP) is 4.32. The van der Waals surface area contributed by atoms with Gasteiger partial charge in [-0.1, -0.05) is 19.8 Å². The van der Waals surface area contributed by atoms with Crippen LogP contribution in [0.5, 0.6) is 0 Å². The molecule has 2 N–H and O–H groups in total. The van der Waals surface area contributed by atoms with Gasteiger partial charge in [0, 0.05) is 11.8 Å². The van der Waals surface area contributed by atoms with Gasteiger partial charge in [-0.25, -0.2) is 0 Å². The lowest BCUT2D eigenvalue weighted by Gasteiger charge is -2.60. The first-order chi connectivity index (χ1) is 10.6. The third kappa shape index (κ3) is 1.92. The van der Waals surface area contributed by atoms with Crippen LogP contribution in [0.1, 0.15) is 77.6 Å². The summed E-state index contributed by atoms with van der Waals surface area (Å²) in [5, 5.41) is 0. The quantitative estimate of drug-likeness (QED) is 0.825. The Hall–Kier alpha value is -0.370. The molecule has 0 heterocycles. The Kier molecular flexibility index (Phi) is 3.67. The van der Waals surface area contributed by atoms with Crippen LogP contribution >= 0.6 is 0 Å². The highest BCUT2D eigenvalue weighted by Crippen LogP contribution is 2.66. The summed E-state index contributed by atoms with van der Waals surface area (Å²) in [6.45, 7) is 3.31. The van der Waals surface area contributed by atoms with E-state index in [1.807, 2.05) is 0 Å². The summed E-state index contributed by atoms with van der Waals surface area (Å²) in [7, 11) is 0. The molecule has 0 radical (unpaired) electrons.